The van der Waals surface area contributed by atoms with E-state index in [1.54, 1.807) is 18.3 Å². The van der Waals surface area contributed by atoms with Gasteiger partial charge in [0, 0.05) is 24.1 Å². The number of benzene rings is 2. The van der Waals surface area contributed by atoms with Crippen LogP contribution in [0, 0.1) is 5.82 Å². The number of rotatable bonds is 9. The maximum absolute atomic E-state index is 13.4. The van der Waals surface area contributed by atoms with Gasteiger partial charge in [0.25, 0.3) is 11.8 Å². The standard InChI is InChI=1S/C22H22ClFN4O4/c23-17-5-4-15(8-18(17)24)31-11-20(29)25-13-22(6-1-7-22)27-21(30)12-32-16-3-2-14-10-26-28-19(14)9-16/h2-5,8-10H,1,6-7,11-13H2,(H,25,29)(H,26,28)(H,27,30). The molecule has 3 aromatic rings. The predicted octanol–water partition coefficient (Wildman–Crippen LogP) is 2.97. The summed E-state index contributed by atoms with van der Waals surface area (Å²) >= 11 is 5.63. The number of nitrogens with zero attached hydrogens (tertiary/aromatic N) is 1. The number of hydrogen-bond acceptors (Lipinski definition) is 5. The number of halogens is 2. The maximum Gasteiger partial charge on any atom is 0.258 e. The Hall–Kier alpha value is -3.33. The van der Waals surface area contributed by atoms with Gasteiger partial charge in [-0.25, -0.2) is 4.39 Å². The van der Waals surface area contributed by atoms with Gasteiger partial charge in [0.2, 0.25) is 0 Å². The highest BCUT2D eigenvalue weighted by Gasteiger charge is 2.38. The van der Waals surface area contributed by atoms with Crippen molar-refractivity contribution in [3.8, 4) is 11.5 Å². The minimum atomic E-state index is -0.618. The highest BCUT2D eigenvalue weighted by atomic mass is 35.5. The molecule has 1 heterocycles. The van der Waals surface area contributed by atoms with E-state index in [0.717, 1.165) is 36.2 Å². The van der Waals surface area contributed by atoms with Gasteiger partial charge >= 0.3 is 0 Å². The lowest BCUT2D eigenvalue weighted by molar-refractivity contribution is -0.128. The normalized spacial score (nSPS) is 14.4. The number of aromatic amines is 1. The number of ether oxygens (including phenoxy) is 2. The Kier molecular flexibility index (Phi) is 6.45. The lowest BCUT2D eigenvalue weighted by Crippen LogP contribution is -2.60. The predicted molar refractivity (Wildman–Crippen MR) is 116 cm³/mol. The molecule has 2 aromatic carbocycles. The first-order chi connectivity index (χ1) is 15.4. The van der Waals surface area contributed by atoms with Crippen molar-refractivity contribution in [2.75, 3.05) is 19.8 Å². The van der Waals surface area contributed by atoms with E-state index in [1.807, 2.05) is 6.07 Å². The molecule has 1 aliphatic rings. The molecule has 8 nitrogen and oxygen atoms in total. The Balaban J connectivity index is 1.22. The first kappa shape index (κ1) is 21.9. The van der Waals surface area contributed by atoms with E-state index in [2.05, 4.69) is 20.8 Å². The second-order valence-electron chi connectivity index (χ2n) is 7.73. The molecule has 168 valence electrons. The molecule has 1 aromatic heterocycles. The van der Waals surface area contributed by atoms with Crippen molar-refractivity contribution in [3.05, 3.63) is 53.4 Å². The van der Waals surface area contributed by atoms with Gasteiger partial charge in [-0.05, 0) is 43.5 Å². The monoisotopic (exact) mass is 460 g/mol. The van der Waals surface area contributed by atoms with Crippen molar-refractivity contribution >= 4 is 34.3 Å². The number of fused-ring (bicyclic) bond motifs is 1. The van der Waals surface area contributed by atoms with E-state index >= 15 is 0 Å². The Bertz CT molecular complexity index is 1130. The van der Waals surface area contributed by atoms with Crippen LogP contribution in [0.25, 0.3) is 10.9 Å². The fraction of sp³-hybridized carbons (Fsp3) is 0.318. The molecule has 2 amide bonds. The van der Waals surface area contributed by atoms with Crippen LogP contribution in [-0.2, 0) is 9.59 Å². The summed E-state index contributed by atoms with van der Waals surface area (Å²) in [6, 6.07) is 9.37. The summed E-state index contributed by atoms with van der Waals surface area (Å²) in [5.41, 5.74) is 0.320. The molecule has 1 fully saturated rings. The lowest BCUT2D eigenvalue weighted by Gasteiger charge is -2.42. The molecule has 32 heavy (non-hydrogen) atoms. The number of carbonyl (C=O) groups is 2. The molecule has 1 saturated carbocycles. The smallest absolute Gasteiger partial charge is 0.258 e. The number of carbonyl (C=O) groups excluding carboxylic acids is 2. The second kappa shape index (κ2) is 9.44. The van der Waals surface area contributed by atoms with Crippen LogP contribution in [0.15, 0.2) is 42.6 Å². The number of hydrogen-bond donors (Lipinski definition) is 3. The number of H-pyrrole nitrogens is 1. The fourth-order valence-electron chi connectivity index (χ4n) is 3.47. The third-order valence-corrected chi connectivity index (χ3v) is 5.69. The van der Waals surface area contributed by atoms with E-state index in [1.165, 1.54) is 12.1 Å². The van der Waals surface area contributed by atoms with Crippen molar-refractivity contribution in [1.82, 2.24) is 20.8 Å². The summed E-state index contributed by atoms with van der Waals surface area (Å²) in [4.78, 5) is 24.5. The summed E-state index contributed by atoms with van der Waals surface area (Å²) in [7, 11) is 0. The van der Waals surface area contributed by atoms with Gasteiger partial charge in [0.1, 0.15) is 17.3 Å². The summed E-state index contributed by atoms with van der Waals surface area (Å²) in [6.45, 7) is -0.138. The summed E-state index contributed by atoms with van der Waals surface area (Å²) < 4.78 is 24.3. The zero-order valence-corrected chi connectivity index (χ0v) is 17.9. The van der Waals surface area contributed by atoms with Crippen LogP contribution in [0.3, 0.4) is 0 Å². The van der Waals surface area contributed by atoms with Crippen LogP contribution in [0.5, 0.6) is 11.5 Å². The largest absolute Gasteiger partial charge is 0.484 e. The Labute approximate surface area is 188 Å². The molecule has 0 unspecified atom stereocenters. The highest BCUT2D eigenvalue weighted by molar-refractivity contribution is 6.30. The number of aromatic nitrogens is 2. The van der Waals surface area contributed by atoms with E-state index in [0.29, 0.717) is 5.75 Å². The molecule has 0 bridgehead atoms. The molecule has 0 saturated heterocycles. The lowest BCUT2D eigenvalue weighted by atomic mass is 9.76. The van der Waals surface area contributed by atoms with Gasteiger partial charge in [-0.1, -0.05) is 11.6 Å². The van der Waals surface area contributed by atoms with Crippen molar-refractivity contribution in [2.24, 2.45) is 0 Å². The molecular weight excluding hydrogens is 439 g/mol. The van der Waals surface area contributed by atoms with E-state index in [4.69, 9.17) is 21.1 Å². The van der Waals surface area contributed by atoms with Crippen LogP contribution in [0.1, 0.15) is 19.3 Å². The third kappa shape index (κ3) is 5.28. The molecule has 0 aliphatic heterocycles. The average molecular weight is 461 g/mol. The summed E-state index contributed by atoms with van der Waals surface area (Å²) in [6.07, 6.45) is 4.16. The zero-order chi connectivity index (χ0) is 22.6. The van der Waals surface area contributed by atoms with Crippen molar-refractivity contribution in [2.45, 2.75) is 24.8 Å². The molecular formula is C22H22ClFN4O4. The van der Waals surface area contributed by atoms with Crippen LogP contribution in [0.4, 0.5) is 4.39 Å². The Morgan fingerprint density at radius 2 is 1.81 bits per heavy atom. The highest BCUT2D eigenvalue weighted by Crippen LogP contribution is 2.31. The van der Waals surface area contributed by atoms with Crippen LogP contribution in [-0.4, -0.2) is 47.3 Å². The first-order valence-corrected chi connectivity index (χ1v) is 10.5. The Morgan fingerprint density at radius 1 is 1.09 bits per heavy atom. The van der Waals surface area contributed by atoms with Gasteiger partial charge in [0.15, 0.2) is 13.2 Å². The van der Waals surface area contributed by atoms with Gasteiger partial charge in [-0.15, -0.1) is 0 Å². The van der Waals surface area contributed by atoms with Crippen LogP contribution < -0.4 is 20.1 Å². The van der Waals surface area contributed by atoms with Gasteiger partial charge < -0.3 is 20.1 Å². The molecule has 0 atom stereocenters. The van der Waals surface area contributed by atoms with Gasteiger partial charge in [-0.3, -0.25) is 14.7 Å². The average Bonchev–Trinajstić information content (AvgIpc) is 3.22. The van der Waals surface area contributed by atoms with Gasteiger partial charge in [0.05, 0.1) is 22.3 Å². The molecule has 1 aliphatic carbocycles. The van der Waals surface area contributed by atoms with Gasteiger partial charge in [-0.2, -0.15) is 5.10 Å². The van der Waals surface area contributed by atoms with E-state index in [9.17, 15) is 14.0 Å². The quantitative estimate of drug-likeness (QED) is 0.455. The third-order valence-electron chi connectivity index (χ3n) is 5.38. The second-order valence-corrected chi connectivity index (χ2v) is 8.14. The number of nitrogens with one attached hydrogen (secondary N) is 3. The van der Waals surface area contributed by atoms with Crippen molar-refractivity contribution in [3.63, 3.8) is 0 Å². The summed E-state index contributed by atoms with van der Waals surface area (Å²) in [5.74, 6) is -0.489. The maximum atomic E-state index is 13.4. The fourth-order valence-corrected chi connectivity index (χ4v) is 3.59. The molecule has 10 heteroatoms. The number of amides is 2. The van der Waals surface area contributed by atoms with Crippen molar-refractivity contribution in [1.29, 1.82) is 0 Å². The molecule has 4 rings (SSSR count). The minimum Gasteiger partial charge on any atom is -0.484 e. The van der Waals surface area contributed by atoms with Crippen LogP contribution >= 0.6 is 11.6 Å². The van der Waals surface area contributed by atoms with E-state index in [-0.39, 0.29) is 42.3 Å². The SMILES string of the molecule is O=C(COc1ccc(Cl)c(F)c1)NCC1(NC(=O)COc2ccc3cn[nH]c3c2)CCC1. The van der Waals surface area contributed by atoms with Crippen LogP contribution in [0.2, 0.25) is 5.02 Å². The molecule has 0 spiro atoms. The van der Waals surface area contributed by atoms with Crippen molar-refractivity contribution < 1.29 is 23.5 Å². The Morgan fingerprint density at radius 3 is 2.53 bits per heavy atom. The topological polar surface area (TPSA) is 105 Å². The van der Waals surface area contributed by atoms with E-state index < -0.39 is 11.4 Å². The minimum absolute atomic E-state index is 0.0182. The summed E-state index contributed by atoms with van der Waals surface area (Å²) in [5, 5.41) is 13.5. The molecule has 3 N–H and O–H groups in total. The first-order valence-electron chi connectivity index (χ1n) is 10.1. The zero-order valence-electron chi connectivity index (χ0n) is 17.1. The molecule has 0 radical (unpaired) electrons.